The molecule has 9 aromatic rings. The Hall–Kier alpha value is -9.06. The van der Waals surface area contributed by atoms with Gasteiger partial charge in [0.2, 0.25) is 16.3 Å². The van der Waals surface area contributed by atoms with Gasteiger partial charge in [-0.25, -0.2) is 0 Å². The van der Waals surface area contributed by atoms with Crippen molar-refractivity contribution in [2.24, 2.45) is 0 Å². The molecule has 79 heavy (non-hydrogen) atoms. The van der Waals surface area contributed by atoms with E-state index >= 15 is 0 Å². The summed E-state index contributed by atoms with van der Waals surface area (Å²) in [7, 11) is 0. The number of Topliss-reactive ketones (excluding diaryl/α,β-unsaturated/α-hetero) is 3. The van der Waals surface area contributed by atoms with Crippen LogP contribution in [0, 0.1) is 72.1 Å². The van der Waals surface area contributed by atoms with E-state index in [0.29, 0.717) is 16.7 Å². The van der Waals surface area contributed by atoms with E-state index in [0.717, 1.165) is 0 Å². The Labute approximate surface area is 479 Å². The van der Waals surface area contributed by atoms with Crippen LogP contribution < -0.4 is 16.3 Å². The summed E-state index contributed by atoms with van der Waals surface area (Å²) >= 11 is 0. The fourth-order valence-electron chi connectivity index (χ4n) is 8.86. The number of rotatable bonds is 15. The van der Waals surface area contributed by atoms with Gasteiger partial charge in [0.1, 0.15) is 34.1 Å². The van der Waals surface area contributed by atoms with Gasteiger partial charge in [-0.05, 0) is 73.9 Å². The number of hydrogen-bond acceptors (Lipinski definition) is 18. The SMILES string of the molecule is CC(=O)CC(c1ccc([N+](=O)[O-])cc1)c1c(O)oc2ccccc2c1=O.CC(=O)CC(c1ccc([N+](=O)[O-])cc1)c1c(O)oc2ccccc2c1=O.CC(=O)CC(c1ccc([N+](=O)[O-])cc1)c1c(O)oc2ccccc2c1=O.[Ce]. The average molecular weight is 1200 g/mol. The summed E-state index contributed by atoms with van der Waals surface area (Å²) in [6.07, 6.45) is -0.141. The van der Waals surface area contributed by atoms with E-state index in [2.05, 4.69) is 0 Å². The molecule has 3 atom stereocenters. The predicted octanol–water partition coefficient (Wildman–Crippen LogP) is 10.6. The maximum atomic E-state index is 12.9. The first kappa shape index (κ1) is 59.2. The second-order valence-electron chi connectivity index (χ2n) is 17.9. The van der Waals surface area contributed by atoms with Crippen LogP contribution in [0.5, 0.6) is 17.8 Å². The number of nitro groups is 3. The molecular formula is C57H45CeN3O18. The first-order chi connectivity index (χ1) is 37.1. The monoisotopic (exact) mass is 1200 g/mol. The molecule has 21 nitrogen and oxygen atoms in total. The molecule has 0 amide bonds. The zero-order valence-electron chi connectivity index (χ0n) is 42.0. The van der Waals surface area contributed by atoms with Gasteiger partial charge >= 0.3 is 0 Å². The zero-order chi connectivity index (χ0) is 56.5. The first-order valence-electron chi connectivity index (χ1n) is 23.6. The number of aromatic hydroxyl groups is 3. The van der Waals surface area contributed by atoms with Gasteiger partial charge in [0, 0.05) is 115 Å². The zero-order valence-corrected chi connectivity index (χ0v) is 45.2. The summed E-state index contributed by atoms with van der Waals surface area (Å²) in [4.78, 5) is 105. The van der Waals surface area contributed by atoms with E-state index in [1.807, 2.05) is 0 Å². The molecule has 9 rings (SSSR count). The number of ketones is 3. The first-order valence-corrected chi connectivity index (χ1v) is 23.6. The predicted molar refractivity (Wildman–Crippen MR) is 283 cm³/mol. The number of para-hydroxylation sites is 3. The Morgan fingerprint density at radius 3 is 0.823 bits per heavy atom. The third kappa shape index (κ3) is 13.7. The maximum absolute atomic E-state index is 12.9. The summed E-state index contributed by atoms with van der Waals surface area (Å²) in [5.74, 6) is -4.56. The van der Waals surface area contributed by atoms with E-state index in [1.54, 1.807) is 72.8 Å². The van der Waals surface area contributed by atoms with Crippen LogP contribution in [0.1, 0.15) is 91.2 Å². The van der Waals surface area contributed by atoms with Gasteiger partial charge in [-0.2, -0.15) is 0 Å². The molecule has 6 aromatic carbocycles. The molecule has 400 valence electrons. The molecule has 0 saturated carbocycles. The van der Waals surface area contributed by atoms with Gasteiger partial charge in [0.15, 0.2) is 0 Å². The Morgan fingerprint density at radius 2 is 0.620 bits per heavy atom. The van der Waals surface area contributed by atoms with Crippen molar-refractivity contribution in [2.75, 3.05) is 0 Å². The van der Waals surface area contributed by atoms with Crippen molar-refractivity contribution in [1.29, 1.82) is 0 Å². The number of nitrogens with zero attached hydrogens (tertiary/aromatic N) is 3. The van der Waals surface area contributed by atoms with Crippen molar-refractivity contribution in [1.82, 2.24) is 0 Å². The molecular weight excluding hydrogens is 1150 g/mol. The van der Waals surface area contributed by atoms with Gasteiger partial charge < -0.3 is 28.6 Å². The second-order valence-corrected chi connectivity index (χ2v) is 17.9. The molecule has 0 fully saturated rings. The van der Waals surface area contributed by atoms with Crippen LogP contribution in [0.4, 0.5) is 17.1 Å². The molecule has 0 aliphatic heterocycles. The molecule has 3 aromatic heterocycles. The van der Waals surface area contributed by atoms with Crippen molar-refractivity contribution in [3.05, 3.63) is 240 Å². The third-order valence-electron chi connectivity index (χ3n) is 12.5. The second kappa shape index (κ2) is 25.9. The van der Waals surface area contributed by atoms with E-state index in [1.165, 1.54) is 93.6 Å². The summed E-state index contributed by atoms with van der Waals surface area (Å²) in [5.41, 5.74) is 0.499. The number of carbonyl (C=O) groups excluding carboxylic acids is 3. The van der Waals surface area contributed by atoms with Crippen molar-refractivity contribution >= 4 is 67.3 Å². The molecule has 0 aliphatic carbocycles. The summed E-state index contributed by atoms with van der Waals surface area (Å²) in [6, 6.07) is 36.0. The van der Waals surface area contributed by atoms with E-state index in [4.69, 9.17) is 13.3 Å². The summed E-state index contributed by atoms with van der Waals surface area (Å²) in [5, 5.41) is 64.2. The van der Waals surface area contributed by atoms with Gasteiger partial charge in [-0.15, -0.1) is 0 Å². The van der Waals surface area contributed by atoms with Gasteiger partial charge in [0.25, 0.3) is 34.9 Å². The molecule has 0 bridgehead atoms. The minimum absolute atomic E-state index is 0. The summed E-state index contributed by atoms with van der Waals surface area (Å²) < 4.78 is 16.1. The van der Waals surface area contributed by atoms with Crippen LogP contribution in [0.25, 0.3) is 32.9 Å². The molecule has 0 radical (unpaired) electrons. The number of hydrogen-bond donors (Lipinski definition) is 3. The van der Waals surface area contributed by atoms with E-state index < -0.39 is 66.6 Å². The average Bonchev–Trinajstić information content (AvgIpc) is 3.53. The summed E-state index contributed by atoms with van der Waals surface area (Å²) in [6.45, 7) is 4.12. The molecule has 0 spiro atoms. The molecule has 3 N–H and O–H groups in total. The molecule has 3 heterocycles. The van der Waals surface area contributed by atoms with Crippen molar-refractivity contribution in [3.63, 3.8) is 0 Å². The minimum atomic E-state index is -0.769. The Bertz CT molecular complexity index is 3570. The Morgan fingerprint density at radius 1 is 0.405 bits per heavy atom. The van der Waals surface area contributed by atoms with Crippen molar-refractivity contribution in [3.8, 4) is 17.8 Å². The fraction of sp³-hybridized carbons (Fsp3) is 0.158. The topological polar surface area (TPSA) is 332 Å². The van der Waals surface area contributed by atoms with Crippen LogP contribution >= 0.6 is 0 Å². The van der Waals surface area contributed by atoms with Gasteiger partial charge in [-0.1, -0.05) is 72.8 Å². The van der Waals surface area contributed by atoms with Crippen molar-refractivity contribution < 1.29 is 99.5 Å². The quantitative estimate of drug-likeness (QED) is 0.0634. The van der Waals surface area contributed by atoms with Crippen molar-refractivity contribution in [2.45, 2.75) is 57.8 Å². The van der Waals surface area contributed by atoms with Crippen LogP contribution in [0.2, 0.25) is 0 Å². The number of non-ortho nitro benzene ring substituents is 3. The third-order valence-corrected chi connectivity index (χ3v) is 12.5. The van der Waals surface area contributed by atoms with E-state index in [9.17, 15) is 74.4 Å². The number of nitro benzene ring substituents is 3. The van der Waals surface area contributed by atoms with Gasteiger partial charge in [0.05, 0.1) is 47.6 Å². The molecule has 0 aliphatic rings. The maximum Gasteiger partial charge on any atom is 0.290 e. The van der Waals surface area contributed by atoms with Crippen LogP contribution in [0.15, 0.2) is 173 Å². The van der Waals surface area contributed by atoms with Crippen LogP contribution in [-0.4, -0.2) is 47.4 Å². The van der Waals surface area contributed by atoms with Crippen LogP contribution in [-0.2, 0) is 14.4 Å². The molecule has 22 heteroatoms. The molecule has 3 unspecified atom stereocenters. The Kier molecular flexibility index (Phi) is 19.4. The van der Waals surface area contributed by atoms with E-state index in [-0.39, 0.29) is 145 Å². The fourth-order valence-corrected chi connectivity index (χ4v) is 8.86. The molecule has 0 saturated heterocycles. The smallest absolute Gasteiger partial charge is 0.290 e. The van der Waals surface area contributed by atoms with Gasteiger partial charge in [-0.3, -0.25) is 59.1 Å². The normalized spacial score (nSPS) is 11.9. The Balaban J connectivity index is 0.000000190. The number of fused-ring (bicyclic) bond motifs is 3. The largest absolute Gasteiger partial charge is 0.480 e. The minimum Gasteiger partial charge on any atom is -0.480 e. The number of benzene rings is 6. The van der Waals surface area contributed by atoms with Crippen LogP contribution in [0.3, 0.4) is 0 Å². The number of carbonyl (C=O) groups is 3. The standard InChI is InChI=1S/3C19H15NO6.Ce/c3*1-11(21)10-15(12-6-8-13(9-7-12)20(24)25)17-18(22)14-4-2-3-5-16(14)26-19(17)23;/h3*2-9,15,23H,10H2,1H3;.